The van der Waals surface area contributed by atoms with E-state index < -0.39 is 0 Å². The molecule has 1 aromatic carbocycles. The van der Waals surface area contributed by atoms with Crippen molar-refractivity contribution in [2.24, 2.45) is 0 Å². The molecule has 0 spiro atoms. The van der Waals surface area contributed by atoms with Gasteiger partial charge in [0.1, 0.15) is 0 Å². The van der Waals surface area contributed by atoms with Crippen molar-refractivity contribution in [1.82, 2.24) is 25.5 Å². The molecular formula is C15H23N5. The summed E-state index contributed by atoms with van der Waals surface area (Å²) in [5.41, 5.74) is 2.57. The van der Waals surface area contributed by atoms with Gasteiger partial charge < -0.3 is 5.32 Å². The van der Waals surface area contributed by atoms with E-state index >= 15 is 0 Å². The molecule has 2 aromatic rings. The Morgan fingerprint density at radius 3 is 2.50 bits per heavy atom. The molecule has 0 aliphatic heterocycles. The van der Waals surface area contributed by atoms with Gasteiger partial charge in [-0.1, -0.05) is 38.1 Å². The zero-order chi connectivity index (χ0) is 14.4. The fourth-order valence-electron chi connectivity index (χ4n) is 2.14. The van der Waals surface area contributed by atoms with Gasteiger partial charge in [-0.05, 0) is 47.9 Å². The maximum Gasteiger partial charge on any atom is 0.168 e. The minimum absolute atomic E-state index is 0.167. The molecule has 2 rings (SSSR count). The fourth-order valence-corrected chi connectivity index (χ4v) is 2.14. The summed E-state index contributed by atoms with van der Waals surface area (Å²) in [6, 6.07) is 8.79. The second-order valence-corrected chi connectivity index (χ2v) is 5.04. The van der Waals surface area contributed by atoms with E-state index in [9.17, 15) is 0 Å². The number of rotatable bonds is 7. The topological polar surface area (TPSA) is 55.6 Å². The van der Waals surface area contributed by atoms with Gasteiger partial charge >= 0.3 is 0 Å². The number of aromatic nitrogens is 4. The number of aryl methyl sites for hydroxylation is 1. The predicted molar refractivity (Wildman–Crippen MR) is 79.4 cm³/mol. The lowest BCUT2D eigenvalue weighted by atomic mass is 10.1. The van der Waals surface area contributed by atoms with Crippen LogP contribution in [0.1, 0.15) is 50.2 Å². The monoisotopic (exact) mass is 273 g/mol. The van der Waals surface area contributed by atoms with E-state index in [1.807, 2.05) is 4.68 Å². The van der Waals surface area contributed by atoms with E-state index in [0.29, 0.717) is 6.54 Å². The highest BCUT2D eigenvalue weighted by Gasteiger charge is 2.13. The van der Waals surface area contributed by atoms with Crippen molar-refractivity contribution >= 4 is 0 Å². The summed E-state index contributed by atoms with van der Waals surface area (Å²) < 4.78 is 1.87. The van der Waals surface area contributed by atoms with Gasteiger partial charge in [-0.3, -0.25) is 0 Å². The summed E-state index contributed by atoms with van der Waals surface area (Å²) in [7, 11) is 0. The fraction of sp³-hybridized carbons (Fsp3) is 0.533. The first-order chi connectivity index (χ1) is 9.74. The van der Waals surface area contributed by atoms with Crippen molar-refractivity contribution in [3.8, 4) is 0 Å². The Bertz CT molecular complexity index is 517. The maximum atomic E-state index is 4.14. The normalized spacial score (nSPS) is 12.6. The third-order valence-corrected chi connectivity index (χ3v) is 3.41. The average Bonchev–Trinajstić information content (AvgIpc) is 2.94. The molecule has 0 fully saturated rings. The smallest absolute Gasteiger partial charge is 0.168 e. The number of tetrazole rings is 1. The third-order valence-electron chi connectivity index (χ3n) is 3.41. The van der Waals surface area contributed by atoms with Crippen LogP contribution in [-0.4, -0.2) is 26.8 Å². The average molecular weight is 273 g/mol. The summed E-state index contributed by atoms with van der Waals surface area (Å²) in [5, 5.41) is 15.5. The van der Waals surface area contributed by atoms with Gasteiger partial charge in [-0.25, -0.2) is 4.68 Å². The van der Waals surface area contributed by atoms with Crippen molar-refractivity contribution in [2.75, 3.05) is 6.54 Å². The molecule has 5 heteroatoms. The van der Waals surface area contributed by atoms with Crippen LogP contribution < -0.4 is 5.32 Å². The van der Waals surface area contributed by atoms with Gasteiger partial charge in [0.25, 0.3) is 0 Å². The predicted octanol–water partition coefficient (Wildman–Crippen LogP) is 2.34. The molecule has 0 saturated heterocycles. The number of benzene rings is 1. The molecule has 1 aromatic heterocycles. The molecule has 1 N–H and O–H groups in total. The standard InChI is InChI=1S/C15H23N5/c1-4-10-16-12(3)15-17-18-19-20(15)11-14-8-6-13(5-2)7-9-14/h6-9,12,16H,4-5,10-11H2,1-3H3. The van der Waals surface area contributed by atoms with Crippen molar-refractivity contribution in [1.29, 1.82) is 0 Å². The van der Waals surface area contributed by atoms with Crippen molar-refractivity contribution in [3.05, 3.63) is 41.2 Å². The van der Waals surface area contributed by atoms with Crippen LogP contribution in [0.4, 0.5) is 0 Å². The van der Waals surface area contributed by atoms with E-state index in [1.54, 1.807) is 0 Å². The summed E-state index contributed by atoms with van der Waals surface area (Å²) in [4.78, 5) is 0. The van der Waals surface area contributed by atoms with Gasteiger partial charge in [-0.15, -0.1) is 5.10 Å². The van der Waals surface area contributed by atoms with Crippen LogP contribution in [0.15, 0.2) is 24.3 Å². The third kappa shape index (κ3) is 3.63. The van der Waals surface area contributed by atoms with Crippen molar-refractivity contribution < 1.29 is 0 Å². The largest absolute Gasteiger partial charge is 0.307 e. The SMILES string of the molecule is CCCNC(C)c1nnnn1Cc1ccc(CC)cc1. The summed E-state index contributed by atoms with van der Waals surface area (Å²) in [6.45, 7) is 8.09. The van der Waals surface area contributed by atoms with E-state index in [4.69, 9.17) is 0 Å². The Morgan fingerprint density at radius 2 is 1.85 bits per heavy atom. The van der Waals surface area contributed by atoms with Crippen LogP contribution in [0.25, 0.3) is 0 Å². The maximum absolute atomic E-state index is 4.14. The molecule has 108 valence electrons. The lowest BCUT2D eigenvalue weighted by Crippen LogP contribution is -2.23. The van der Waals surface area contributed by atoms with Gasteiger partial charge in [0, 0.05) is 0 Å². The highest BCUT2D eigenvalue weighted by Crippen LogP contribution is 2.11. The van der Waals surface area contributed by atoms with Gasteiger partial charge in [0.2, 0.25) is 0 Å². The van der Waals surface area contributed by atoms with Crippen molar-refractivity contribution in [3.63, 3.8) is 0 Å². The quantitative estimate of drug-likeness (QED) is 0.841. The van der Waals surface area contributed by atoms with Crippen LogP contribution in [0.5, 0.6) is 0 Å². The van der Waals surface area contributed by atoms with Crippen LogP contribution in [0.3, 0.4) is 0 Å². The minimum Gasteiger partial charge on any atom is -0.307 e. The Labute approximate surface area is 120 Å². The highest BCUT2D eigenvalue weighted by atomic mass is 15.5. The number of hydrogen-bond donors (Lipinski definition) is 1. The zero-order valence-corrected chi connectivity index (χ0v) is 12.5. The molecule has 0 aliphatic carbocycles. The summed E-state index contributed by atoms with van der Waals surface area (Å²) in [6.07, 6.45) is 2.17. The second kappa shape index (κ2) is 7.14. The van der Waals surface area contributed by atoms with Gasteiger partial charge in [-0.2, -0.15) is 0 Å². The number of hydrogen-bond acceptors (Lipinski definition) is 4. The van der Waals surface area contributed by atoms with E-state index in [2.05, 4.69) is 65.9 Å². The van der Waals surface area contributed by atoms with Gasteiger partial charge in [0.15, 0.2) is 5.82 Å². The molecule has 1 unspecified atom stereocenters. The Kier molecular flexibility index (Phi) is 5.24. The lowest BCUT2D eigenvalue weighted by molar-refractivity contribution is 0.503. The number of nitrogens with one attached hydrogen (secondary N) is 1. The summed E-state index contributed by atoms with van der Waals surface area (Å²) in [5.74, 6) is 0.887. The molecule has 0 aliphatic rings. The first kappa shape index (κ1) is 14.7. The Hall–Kier alpha value is -1.75. The van der Waals surface area contributed by atoms with E-state index in [1.165, 1.54) is 11.1 Å². The number of nitrogens with zero attached hydrogens (tertiary/aromatic N) is 4. The molecule has 0 saturated carbocycles. The second-order valence-electron chi connectivity index (χ2n) is 5.04. The first-order valence-electron chi connectivity index (χ1n) is 7.31. The lowest BCUT2D eigenvalue weighted by Gasteiger charge is -2.13. The van der Waals surface area contributed by atoms with E-state index in [0.717, 1.165) is 25.2 Å². The molecule has 20 heavy (non-hydrogen) atoms. The van der Waals surface area contributed by atoms with Gasteiger partial charge in [0.05, 0.1) is 12.6 Å². The molecular weight excluding hydrogens is 250 g/mol. The van der Waals surface area contributed by atoms with E-state index in [-0.39, 0.29) is 6.04 Å². The van der Waals surface area contributed by atoms with Crippen molar-refractivity contribution in [2.45, 2.75) is 46.2 Å². The molecule has 0 radical (unpaired) electrons. The van der Waals surface area contributed by atoms with Crippen LogP contribution in [0, 0.1) is 0 Å². The zero-order valence-electron chi connectivity index (χ0n) is 12.5. The Balaban J connectivity index is 2.07. The first-order valence-corrected chi connectivity index (χ1v) is 7.31. The van der Waals surface area contributed by atoms with Crippen LogP contribution >= 0.6 is 0 Å². The molecule has 5 nitrogen and oxygen atoms in total. The minimum atomic E-state index is 0.167. The molecule has 0 bridgehead atoms. The Morgan fingerprint density at radius 1 is 1.15 bits per heavy atom. The summed E-state index contributed by atoms with van der Waals surface area (Å²) >= 11 is 0. The highest BCUT2D eigenvalue weighted by molar-refractivity contribution is 5.22. The molecule has 1 atom stereocenters. The van der Waals surface area contributed by atoms with Crippen LogP contribution in [-0.2, 0) is 13.0 Å². The van der Waals surface area contributed by atoms with Crippen LogP contribution in [0.2, 0.25) is 0 Å². The molecule has 0 amide bonds. The molecule has 1 heterocycles.